The molecule has 1 fully saturated rings. The van der Waals surface area contributed by atoms with Gasteiger partial charge in [-0.2, -0.15) is 0 Å². The zero-order valence-electron chi connectivity index (χ0n) is 14.5. The van der Waals surface area contributed by atoms with Crippen LogP contribution in [0.1, 0.15) is 75.2 Å². The van der Waals surface area contributed by atoms with E-state index in [1.54, 1.807) is 0 Å². The molecule has 1 rings (SSSR count). The molecule has 0 radical (unpaired) electrons. The maximum atomic E-state index is 5.50. The smallest absolute Gasteiger partial charge is 0.00387 e. The first-order valence-electron chi connectivity index (χ1n) is 7.51. The molecule has 0 aromatic heterocycles. The van der Waals surface area contributed by atoms with Gasteiger partial charge >= 0.3 is 0 Å². The zero-order chi connectivity index (χ0) is 15.3. The Balaban J connectivity index is -0.000000171. The summed E-state index contributed by atoms with van der Waals surface area (Å²) in [6, 6.07) is 0.796. The highest BCUT2D eigenvalue weighted by Gasteiger charge is 2.24. The molecule has 0 aromatic rings. The van der Waals surface area contributed by atoms with Crippen LogP contribution in [0.2, 0.25) is 0 Å². The lowest BCUT2D eigenvalue weighted by molar-refractivity contribution is 0.650. The molecule has 1 aliphatic carbocycles. The molecule has 114 valence electrons. The maximum absolute atomic E-state index is 5.50. The van der Waals surface area contributed by atoms with Crippen LogP contribution in [0.25, 0.3) is 0 Å². The van der Waals surface area contributed by atoms with Crippen LogP contribution in [0, 0.1) is 17.8 Å². The molecular weight excluding hydrogens is 220 g/mol. The van der Waals surface area contributed by atoms with Gasteiger partial charge in [-0.05, 0) is 43.6 Å². The molecule has 0 bridgehead atoms. The van der Waals surface area contributed by atoms with Crippen LogP contribution >= 0.6 is 0 Å². The molecule has 1 saturated carbocycles. The van der Waals surface area contributed by atoms with Gasteiger partial charge in [0.25, 0.3) is 0 Å². The fourth-order valence-electron chi connectivity index (χ4n) is 0.622. The molecule has 18 heavy (non-hydrogen) atoms. The van der Waals surface area contributed by atoms with Gasteiger partial charge in [-0.1, -0.05) is 55.4 Å². The lowest BCUT2D eigenvalue weighted by Crippen LogP contribution is -2.16. The highest BCUT2D eigenvalue weighted by molar-refractivity contribution is 4.80. The minimum Gasteiger partial charge on any atom is -0.328 e. The van der Waals surface area contributed by atoms with Crippen molar-refractivity contribution in [2.75, 3.05) is 0 Å². The van der Waals surface area contributed by atoms with Gasteiger partial charge in [-0.3, -0.25) is 0 Å². The topological polar surface area (TPSA) is 52.0 Å². The molecule has 1 atom stereocenters. The molecule has 2 nitrogen and oxygen atoms in total. The highest BCUT2D eigenvalue weighted by Crippen LogP contribution is 2.30. The van der Waals surface area contributed by atoms with Gasteiger partial charge in [0.15, 0.2) is 0 Å². The van der Waals surface area contributed by atoms with Gasteiger partial charge in [0.05, 0.1) is 0 Å². The van der Waals surface area contributed by atoms with E-state index >= 15 is 0 Å². The molecule has 0 amide bonds. The molecule has 0 aromatic carbocycles. The molecule has 4 N–H and O–H groups in total. The van der Waals surface area contributed by atoms with Gasteiger partial charge in [-0.15, -0.1) is 0 Å². The number of hydrogen-bond acceptors (Lipinski definition) is 2. The fraction of sp³-hybridized carbons (Fsp3) is 1.00. The summed E-state index contributed by atoms with van der Waals surface area (Å²) in [6.07, 6.45) is 2.75. The third kappa shape index (κ3) is 74.0. The van der Waals surface area contributed by atoms with Crippen molar-refractivity contribution in [3.8, 4) is 0 Å². The molecule has 2 heteroatoms. The Bertz CT molecular complexity index is 114. The largest absolute Gasteiger partial charge is 0.328 e. The summed E-state index contributed by atoms with van der Waals surface area (Å²) in [7, 11) is 0. The Hall–Kier alpha value is -0.0800. The van der Waals surface area contributed by atoms with Crippen molar-refractivity contribution < 1.29 is 0 Å². The Kier molecular flexibility index (Phi) is 19.2. The van der Waals surface area contributed by atoms with Crippen molar-refractivity contribution in [2.24, 2.45) is 29.2 Å². The van der Waals surface area contributed by atoms with Gasteiger partial charge in [0, 0.05) is 6.04 Å². The van der Waals surface area contributed by atoms with Crippen molar-refractivity contribution in [1.82, 2.24) is 0 Å². The van der Waals surface area contributed by atoms with Gasteiger partial charge in [-0.25, -0.2) is 0 Å². The van der Waals surface area contributed by atoms with Crippen LogP contribution < -0.4 is 11.5 Å². The Morgan fingerprint density at radius 2 is 0.833 bits per heavy atom. The van der Waals surface area contributed by atoms with Crippen molar-refractivity contribution in [3.05, 3.63) is 0 Å². The van der Waals surface area contributed by atoms with Crippen LogP contribution in [0.5, 0.6) is 0 Å². The van der Waals surface area contributed by atoms with E-state index in [4.69, 9.17) is 11.5 Å². The summed E-state index contributed by atoms with van der Waals surface area (Å²) in [5, 5.41) is 0. The summed E-state index contributed by atoms with van der Waals surface area (Å²) in [6.45, 7) is 19.0. The zero-order valence-corrected chi connectivity index (χ0v) is 14.5. The average molecular weight is 261 g/mol. The monoisotopic (exact) mass is 260 g/mol. The second-order valence-electron chi connectivity index (χ2n) is 6.90. The van der Waals surface area contributed by atoms with E-state index in [1.807, 2.05) is 13.8 Å². The molecular formula is C16H40N2. The van der Waals surface area contributed by atoms with Gasteiger partial charge in [0.2, 0.25) is 0 Å². The van der Waals surface area contributed by atoms with Gasteiger partial charge in [0.1, 0.15) is 0 Å². The summed E-state index contributed by atoms with van der Waals surface area (Å²) >= 11 is 0. The predicted octanol–water partition coefficient (Wildman–Crippen LogP) is 4.42. The van der Waals surface area contributed by atoms with Gasteiger partial charge < -0.3 is 11.5 Å². The summed E-state index contributed by atoms with van der Waals surface area (Å²) in [4.78, 5) is 0. The van der Waals surface area contributed by atoms with Crippen molar-refractivity contribution >= 4 is 0 Å². The van der Waals surface area contributed by atoms with Crippen molar-refractivity contribution in [2.45, 2.75) is 87.2 Å². The second-order valence-corrected chi connectivity index (χ2v) is 6.90. The summed E-state index contributed by atoms with van der Waals surface area (Å²) in [5.74, 6) is 2.55. The third-order valence-electron chi connectivity index (χ3n) is 1.37. The number of nitrogens with two attached hydrogens (primary N) is 2. The minimum atomic E-state index is 0.333. The molecule has 0 aliphatic heterocycles. The summed E-state index contributed by atoms with van der Waals surface area (Å²) in [5.41, 5.74) is 10.6. The van der Waals surface area contributed by atoms with Crippen LogP contribution in [-0.4, -0.2) is 12.1 Å². The molecule has 0 spiro atoms. The number of hydrogen-bond donors (Lipinski definition) is 2. The summed E-state index contributed by atoms with van der Waals surface area (Å²) < 4.78 is 0. The minimum absolute atomic E-state index is 0.333. The Morgan fingerprint density at radius 3 is 0.833 bits per heavy atom. The van der Waals surface area contributed by atoms with E-state index < -0.39 is 0 Å². The molecule has 0 saturated heterocycles. The Labute approximate surface area is 117 Å². The fourth-order valence-corrected chi connectivity index (χ4v) is 0.622. The molecule has 1 unspecified atom stereocenters. The van der Waals surface area contributed by atoms with E-state index in [9.17, 15) is 0 Å². The van der Waals surface area contributed by atoms with E-state index in [0.29, 0.717) is 12.1 Å². The van der Waals surface area contributed by atoms with Crippen molar-refractivity contribution in [1.29, 1.82) is 0 Å². The molecule has 1 aliphatic rings. The van der Waals surface area contributed by atoms with E-state index in [1.165, 1.54) is 12.8 Å². The SMILES string of the molecule is CC(C)C.CC(C)C.CC(C)N.CC(N)C1CC1. The van der Waals surface area contributed by atoms with Crippen LogP contribution in [-0.2, 0) is 0 Å². The first kappa shape index (κ1) is 23.0. The van der Waals surface area contributed by atoms with Crippen molar-refractivity contribution in [3.63, 3.8) is 0 Å². The average Bonchev–Trinajstić information content (AvgIpc) is 2.79. The second kappa shape index (κ2) is 15.0. The number of rotatable bonds is 1. The first-order chi connectivity index (χ1) is 8.00. The maximum Gasteiger partial charge on any atom is 0.00387 e. The molecule has 0 heterocycles. The standard InChI is InChI=1S/C5H11N.2C4H10.C3H9N/c1-4(6)5-2-3-5;2*1-4(2)3;1-3(2)4/h4-5H,2-3,6H2,1H3;2*4H,1-3H3;3H,4H2,1-2H3. The van der Waals surface area contributed by atoms with Crippen LogP contribution in [0.3, 0.4) is 0 Å². The van der Waals surface area contributed by atoms with Crippen LogP contribution in [0.15, 0.2) is 0 Å². The predicted molar refractivity (Wildman–Crippen MR) is 86.7 cm³/mol. The third-order valence-corrected chi connectivity index (χ3v) is 1.37. The lowest BCUT2D eigenvalue weighted by Gasteiger charge is -1.95. The van der Waals surface area contributed by atoms with E-state index in [2.05, 4.69) is 48.5 Å². The van der Waals surface area contributed by atoms with Crippen LogP contribution in [0.4, 0.5) is 0 Å². The first-order valence-corrected chi connectivity index (χ1v) is 7.51. The quantitative estimate of drug-likeness (QED) is 0.733. The van der Waals surface area contributed by atoms with E-state index in [0.717, 1.165) is 17.8 Å². The Morgan fingerprint density at radius 1 is 0.667 bits per heavy atom. The normalized spacial score (nSPS) is 15.0. The lowest BCUT2D eigenvalue weighted by atomic mass is 10.2. The van der Waals surface area contributed by atoms with E-state index in [-0.39, 0.29) is 0 Å². The highest BCUT2D eigenvalue weighted by atomic mass is 14.7.